The summed E-state index contributed by atoms with van der Waals surface area (Å²) in [5, 5.41) is 0. The molecule has 0 unspecified atom stereocenters. The molecule has 3 fully saturated rings. The van der Waals surface area contributed by atoms with Crippen molar-refractivity contribution in [3.63, 3.8) is 0 Å². The molecule has 0 radical (unpaired) electrons. The maximum absolute atomic E-state index is 6.16. The lowest BCUT2D eigenvalue weighted by Gasteiger charge is -2.37. The molecular formula is C16H24N2O3. The molecule has 0 N–H and O–H groups in total. The van der Waals surface area contributed by atoms with Gasteiger partial charge < -0.3 is 13.9 Å². The molecule has 3 saturated heterocycles. The fourth-order valence-corrected chi connectivity index (χ4v) is 4.04. The third kappa shape index (κ3) is 2.75. The molecule has 0 spiro atoms. The molecule has 0 saturated carbocycles. The van der Waals surface area contributed by atoms with Crippen molar-refractivity contribution in [3.05, 3.63) is 24.2 Å². The van der Waals surface area contributed by atoms with Gasteiger partial charge in [0.05, 0.1) is 38.2 Å². The van der Waals surface area contributed by atoms with Gasteiger partial charge in [-0.3, -0.25) is 9.80 Å². The Kier molecular flexibility index (Phi) is 3.99. The highest BCUT2D eigenvalue weighted by Gasteiger charge is 2.46. The number of rotatable bonds is 3. The lowest BCUT2D eigenvalue weighted by molar-refractivity contribution is -0.0595. The van der Waals surface area contributed by atoms with E-state index in [1.54, 1.807) is 6.26 Å². The minimum atomic E-state index is 0.354. The van der Waals surface area contributed by atoms with E-state index >= 15 is 0 Å². The Balaban J connectivity index is 1.49. The second kappa shape index (κ2) is 6.08. The van der Waals surface area contributed by atoms with E-state index in [1.165, 1.54) is 12.8 Å². The number of likely N-dealkylation sites (tertiary alicyclic amines) is 1. The maximum atomic E-state index is 6.16. The largest absolute Gasteiger partial charge is 0.468 e. The van der Waals surface area contributed by atoms with Gasteiger partial charge in [-0.15, -0.1) is 0 Å². The van der Waals surface area contributed by atoms with Gasteiger partial charge in [-0.2, -0.15) is 0 Å². The second-order valence-electron chi connectivity index (χ2n) is 6.27. The highest BCUT2D eigenvalue weighted by molar-refractivity contribution is 5.05. The van der Waals surface area contributed by atoms with Gasteiger partial charge in [-0.25, -0.2) is 0 Å². The first-order valence-corrected chi connectivity index (χ1v) is 8.11. The van der Waals surface area contributed by atoms with E-state index in [0.29, 0.717) is 18.2 Å². The summed E-state index contributed by atoms with van der Waals surface area (Å²) >= 11 is 0. The quantitative estimate of drug-likeness (QED) is 0.840. The first-order valence-electron chi connectivity index (χ1n) is 8.11. The number of furan rings is 1. The van der Waals surface area contributed by atoms with Gasteiger partial charge >= 0.3 is 0 Å². The fraction of sp³-hybridized carbons (Fsp3) is 0.750. The number of hydrogen-bond donors (Lipinski definition) is 0. The van der Waals surface area contributed by atoms with Crippen LogP contribution in [0.25, 0.3) is 0 Å². The van der Waals surface area contributed by atoms with Gasteiger partial charge in [0.2, 0.25) is 0 Å². The van der Waals surface area contributed by atoms with Gasteiger partial charge in [0, 0.05) is 32.3 Å². The third-order valence-electron chi connectivity index (χ3n) is 5.06. The molecule has 0 amide bonds. The van der Waals surface area contributed by atoms with Crippen LogP contribution in [0.4, 0.5) is 0 Å². The van der Waals surface area contributed by atoms with Gasteiger partial charge in [0.15, 0.2) is 0 Å². The first-order chi connectivity index (χ1) is 10.4. The van der Waals surface area contributed by atoms with Crippen LogP contribution >= 0.6 is 0 Å². The van der Waals surface area contributed by atoms with Crippen LogP contribution in [0.3, 0.4) is 0 Å². The molecule has 3 aliphatic rings. The van der Waals surface area contributed by atoms with Crippen molar-refractivity contribution in [3.8, 4) is 0 Å². The fourth-order valence-electron chi connectivity index (χ4n) is 4.04. The smallest absolute Gasteiger partial charge is 0.117 e. The summed E-state index contributed by atoms with van der Waals surface area (Å²) in [6, 6.07) is 5.09. The van der Waals surface area contributed by atoms with E-state index in [0.717, 1.165) is 51.8 Å². The lowest BCUT2D eigenvalue weighted by Crippen LogP contribution is -2.51. The summed E-state index contributed by atoms with van der Waals surface area (Å²) in [6.45, 7) is 6.67. The molecule has 21 heavy (non-hydrogen) atoms. The van der Waals surface area contributed by atoms with Gasteiger partial charge in [-0.05, 0) is 25.0 Å². The van der Waals surface area contributed by atoms with E-state index in [-0.39, 0.29) is 0 Å². The van der Waals surface area contributed by atoms with E-state index in [9.17, 15) is 0 Å². The number of hydrogen-bond acceptors (Lipinski definition) is 5. The van der Waals surface area contributed by atoms with Crippen LogP contribution in [0.1, 0.15) is 18.6 Å². The first kappa shape index (κ1) is 13.8. The molecular weight excluding hydrogens is 268 g/mol. The molecule has 5 heteroatoms. The molecule has 116 valence electrons. The average molecular weight is 292 g/mol. The van der Waals surface area contributed by atoms with E-state index in [2.05, 4.69) is 15.9 Å². The third-order valence-corrected chi connectivity index (χ3v) is 5.06. The van der Waals surface area contributed by atoms with Gasteiger partial charge in [0.25, 0.3) is 0 Å². The van der Waals surface area contributed by atoms with Crippen molar-refractivity contribution >= 4 is 0 Å². The van der Waals surface area contributed by atoms with Crippen molar-refractivity contribution in [1.29, 1.82) is 0 Å². The van der Waals surface area contributed by atoms with Crippen LogP contribution < -0.4 is 0 Å². The zero-order chi connectivity index (χ0) is 14.1. The zero-order valence-corrected chi connectivity index (χ0v) is 12.4. The maximum Gasteiger partial charge on any atom is 0.117 e. The predicted octanol–water partition coefficient (Wildman–Crippen LogP) is 1.34. The topological polar surface area (TPSA) is 38.1 Å². The molecule has 4 rings (SSSR count). The van der Waals surface area contributed by atoms with Crippen molar-refractivity contribution in [2.24, 2.45) is 0 Å². The summed E-state index contributed by atoms with van der Waals surface area (Å²) in [4.78, 5) is 5.12. The Hall–Kier alpha value is -0.880. The highest BCUT2D eigenvalue weighted by Crippen LogP contribution is 2.33. The van der Waals surface area contributed by atoms with Gasteiger partial charge in [0.1, 0.15) is 5.76 Å². The lowest BCUT2D eigenvalue weighted by atomic mass is 10.00. The zero-order valence-electron chi connectivity index (χ0n) is 12.4. The van der Waals surface area contributed by atoms with Crippen molar-refractivity contribution < 1.29 is 13.9 Å². The minimum absolute atomic E-state index is 0.354. The molecule has 3 aliphatic heterocycles. The molecule has 1 aromatic heterocycles. The number of nitrogens with zero attached hydrogens (tertiary/aromatic N) is 2. The van der Waals surface area contributed by atoms with Crippen LogP contribution in [0.5, 0.6) is 0 Å². The molecule has 0 bridgehead atoms. The average Bonchev–Trinajstić information content (AvgIpc) is 3.17. The normalized spacial score (nSPS) is 35.0. The van der Waals surface area contributed by atoms with E-state index in [4.69, 9.17) is 13.9 Å². The number of ether oxygens (including phenoxy) is 2. The molecule has 3 atom stereocenters. The van der Waals surface area contributed by atoms with E-state index < -0.39 is 0 Å². The Labute approximate surface area is 125 Å². The number of fused-ring (bicyclic) bond motifs is 1. The Morgan fingerprint density at radius 2 is 2.05 bits per heavy atom. The summed E-state index contributed by atoms with van der Waals surface area (Å²) < 4.78 is 17.2. The van der Waals surface area contributed by atoms with Gasteiger partial charge in [-0.1, -0.05) is 0 Å². The van der Waals surface area contributed by atoms with Crippen molar-refractivity contribution in [2.45, 2.75) is 37.6 Å². The standard InChI is InChI=1S/C16H24N2O3/c1-3-13(20-7-1)11-18-12-15(17-5-9-19-10-6-17)16-14(18)4-2-8-21-16/h1,3,7,14-16H,2,4-6,8-12H2/t14-,15-,16+/m0/s1. The Bertz CT molecular complexity index is 444. The molecule has 5 nitrogen and oxygen atoms in total. The summed E-state index contributed by atoms with van der Waals surface area (Å²) in [6.07, 6.45) is 4.53. The highest BCUT2D eigenvalue weighted by atomic mass is 16.5. The molecule has 1 aromatic rings. The van der Waals surface area contributed by atoms with Crippen LogP contribution in [-0.2, 0) is 16.0 Å². The molecule has 4 heterocycles. The van der Waals surface area contributed by atoms with Crippen molar-refractivity contribution in [2.75, 3.05) is 39.5 Å². The Morgan fingerprint density at radius 1 is 1.14 bits per heavy atom. The van der Waals surface area contributed by atoms with Crippen LogP contribution in [0.15, 0.2) is 22.8 Å². The SMILES string of the molecule is c1coc(CN2C[C@H](N3CCOCC3)[C@@H]3OCCC[C@@H]32)c1. The van der Waals surface area contributed by atoms with Crippen LogP contribution in [0, 0.1) is 0 Å². The summed E-state index contributed by atoms with van der Waals surface area (Å²) in [7, 11) is 0. The Morgan fingerprint density at radius 3 is 2.86 bits per heavy atom. The molecule has 0 aromatic carbocycles. The van der Waals surface area contributed by atoms with Crippen LogP contribution in [0.2, 0.25) is 0 Å². The van der Waals surface area contributed by atoms with Crippen LogP contribution in [-0.4, -0.2) is 67.4 Å². The van der Waals surface area contributed by atoms with Crippen molar-refractivity contribution in [1.82, 2.24) is 9.80 Å². The monoisotopic (exact) mass is 292 g/mol. The van der Waals surface area contributed by atoms with E-state index in [1.807, 2.05) is 6.07 Å². The second-order valence-corrected chi connectivity index (χ2v) is 6.27. The summed E-state index contributed by atoms with van der Waals surface area (Å²) in [5.74, 6) is 1.06. The number of morpholine rings is 1. The summed E-state index contributed by atoms with van der Waals surface area (Å²) in [5.41, 5.74) is 0. The minimum Gasteiger partial charge on any atom is -0.468 e. The molecule has 0 aliphatic carbocycles. The predicted molar refractivity (Wildman–Crippen MR) is 78.1 cm³/mol.